The van der Waals surface area contributed by atoms with E-state index in [4.69, 9.17) is 4.74 Å². The average molecular weight is 399 g/mol. The molecule has 0 saturated heterocycles. The van der Waals surface area contributed by atoms with Gasteiger partial charge in [-0.3, -0.25) is 4.79 Å². The molecule has 0 saturated carbocycles. The van der Waals surface area contributed by atoms with E-state index in [1.54, 1.807) is 38.2 Å². The minimum absolute atomic E-state index is 0.00951. The third-order valence-electron chi connectivity index (χ3n) is 4.62. The van der Waals surface area contributed by atoms with Crippen molar-refractivity contribution in [3.8, 4) is 5.75 Å². The molecule has 0 heterocycles. The quantitative estimate of drug-likeness (QED) is 0.717. The Kier molecular flexibility index (Phi) is 8.03. The highest BCUT2D eigenvalue weighted by Gasteiger charge is 2.16. The number of benzene rings is 2. The van der Waals surface area contributed by atoms with Gasteiger partial charge in [-0.05, 0) is 49.5 Å². The Labute approximate surface area is 172 Å². The smallest absolute Gasteiger partial charge is 0.319 e. The van der Waals surface area contributed by atoms with Crippen molar-refractivity contribution in [1.82, 2.24) is 15.1 Å². The molecule has 0 radical (unpaired) electrons. The molecule has 0 fully saturated rings. The van der Waals surface area contributed by atoms with Gasteiger partial charge in [0.2, 0.25) is 5.91 Å². The Morgan fingerprint density at radius 2 is 1.72 bits per heavy atom. The summed E-state index contributed by atoms with van der Waals surface area (Å²) >= 11 is 0. The number of likely N-dealkylation sites (N-methyl/N-ethyl adjacent to an activating group) is 2. The van der Waals surface area contributed by atoms with E-state index in [9.17, 15) is 9.59 Å². The summed E-state index contributed by atoms with van der Waals surface area (Å²) < 4.78 is 5.29. The summed E-state index contributed by atoms with van der Waals surface area (Å²) in [5, 5.41) is 5.74. The summed E-state index contributed by atoms with van der Waals surface area (Å²) in [5.41, 5.74) is 2.64. The Balaban J connectivity index is 1.92. The van der Waals surface area contributed by atoms with Crippen molar-refractivity contribution < 1.29 is 14.3 Å². The zero-order chi connectivity index (χ0) is 21.4. The SMILES string of the molecule is COc1cccc(C(CNC(=O)Nc2ccc(CC(=O)N(C)C)cc2)N(C)C)c1. The lowest BCUT2D eigenvalue weighted by molar-refractivity contribution is -0.127. The van der Waals surface area contributed by atoms with Gasteiger partial charge in [0, 0.05) is 26.3 Å². The number of rotatable bonds is 8. The molecule has 156 valence electrons. The molecule has 0 aliphatic rings. The fraction of sp³-hybridized carbons (Fsp3) is 0.364. The Bertz CT molecular complexity index is 819. The molecule has 2 rings (SSSR count). The second kappa shape index (κ2) is 10.5. The first-order valence-electron chi connectivity index (χ1n) is 9.44. The number of nitrogens with zero attached hydrogens (tertiary/aromatic N) is 2. The Morgan fingerprint density at radius 1 is 1.03 bits per heavy atom. The lowest BCUT2D eigenvalue weighted by Gasteiger charge is -2.25. The number of anilines is 1. The van der Waals surface area contributed by atoms with Gasteiger partial charge in [-0.15, -0.1) is 0 Å². The molecule has 1 unspecified atom stereocenters. The van der Waals surface area contributed by atoms with Crippen molar-refractivity contribution in [3.63, 3.8) is 0 Å². The second-order valence-electron chi connectivity index (χ2n) is 7.25. The predicted molar refractivity (Wildman–Crippen MR) is 115 cm³/mol. The highest BCUT2D eigenvalue weighted by atomic mass is 16.5. The average Bonchev–Trinajstić information content (AvgIpc) is 2.69. The number of amides is 3. The number of urea groups is 1. The maximum atomic E-state index is 12.3. The van der Waals surface area contributed by atoms with Crippen LogP contribution >= 0.6 is 0 Å². The fourth-order valence-corrected chi connectivity index (χ4v) is 2.85. The van der Waals surface area contributed by atoms with Crippen LogP contribution in [0.2, 0.25) is 0 Å². The molecule has 7 nitrogen and oxygen atoms in total. The molecule has 2 aromatic carbocycles. The highest BCUT2D eigenvalue weighted by molar-refractivity contribution is 5.89. The number of hydrogen-bond donors (Lipinski definition) is 2. The topological polar surface area (TPSA) is 73.9 Å². The molecule has 3 amide bonds. The van der Waals surface area contributed by atoms with Crippen LogP contribution in [0.4, 0.5) is 10.5 Å². The maximum Gasteiger partial charge on any atom is 0.319 e. The first kappa shape index (κ1) is 22.2. The van der Waals surface area contributed by atoms with Crippen LogP contribution in [0, 0.1) is 0 Å². The van der Waals surface area contributed by atoms with Crippen molar-refractivity contribution >= 4 is 17.6 Å². The summed E-state index contributed by atoms with van der Waals surface area (Å²) in [6, 6.07) is 14.8. The van der Waals surface area contributed by atoms with Gasteiger partial charge in [-0.2, -0.15) is 0 Å². The van der Waals surface area contributed by atoms with E-state index in [0.717, 1.165) is 16.9 Å². The van der Waals surface area contributed by atoms with Crippen LogP contribution in [0.5, 0.6) is 5.75 Å². The van der Waals surface area contributed by atoms with Crippen molar-refractivity contribution in [2.24, 2.45) is 0 Å². The fourth-order valence-electron chi connectivity index (χ4n) is 2.85. The lowest BCUT2D eigenvalue weighted by atomic mass is 10.1. The normalized spacial score (nSPS) is 11.7. The monoisotopic (exact) mass is 398 g/mol. The molecule has 0 spiro atoms. The molecular weight excluding hydrogens is 368 g/mol. The molecule has 1 atom stereocenters. The van der Waals surface area contributed by atoms with Gasteiger partial charge in [-0.25, -0.2) is 4.79 Å². The Morgan fingerprint density at radius 3 is 2.31 bits per heavy atom. The molecular formula is C22H30N4O3. The zero-order valence-electron chi connectivity index (χ0n) is 17.7. The maximum absolute atomic E-state index is 12.3. The summed E-state index contributed by atoms with van der Waals surface area (Å²) in [4.78, 5) is 27.7. The molecule has 0 aliphatic heterocycles. The summed E-state index contributed by atoms with van der Waals surface area (Å²) in [6.07, 6.45) is 0.338. The first-order valence-corrected chi connectivity index (χ1v) is 9.44. The minimum atomic E-state index is -0.281. The summed E-state index contributed by atoms with van der Waals surface area (Å²) in [5.74, 6) is 0.822. The lowest BCUT2D eigenvalue weighted by Crippen LogP contribution is -2.36. The summed E-state index contributed by atoms with van der Waals surface area (Å²) in [7, 11) is 9.04. The van der Waals surface area contributed by atoms with E-state index >= 15 is 0 Å². The molecule has 2 N–H and O–H groups in total. The molecule has 0 aromatic heterocycles. The number of methoxy groups -OCH3 is 1. The van der Waals surface area contributed by atoms with Gasteiger partial charge in [-0.1, -0.05) is 24.3 Å². The molecule has 2 aromatic rings. The van der Waals surface area contributed by atoms with Crippen LogP contribution in [-0.4, -0.2) is 63.6 Å². The number of ether oxygens (including phenoxy) is 1. The van der Waals surface area contributed by atoms with Crippen LogP contribution < -0.4 is 15.4 Å². The molecule has 7 heteroatoms. The van der Waals surface area contributed by atoms with E-state index in [1.807, 2.05) is 55.4 Å². The van der Waals surface area contributed by atoms with E-state index in [-0.39, 0.29) is 18.0 Å². The summed E-state index contributed by atoms with van der Waals surface area (Å²) in [6.45, 7) is 0.446. The van der Waals surface area contributed by atoms with Gasteiger partial charge in [0.1, 0.15) is 5.75 Å². The Hall–Kier alpha value is -3.06. The first-order chi connectivity index (χ1) is 13.8. The van der Waals surface area contributed by atoms with Gasteiger partial charge in [0.05, 0.1) is 19.6 Å². The highest BCUT2D eigenvalue weighted by Crippen LogP contribution is 2.22. The van der Waals surface area contributed by atoms with Crippen molar-refractivity contribution in [3.05, 3.63) is 59.7 Å². The zero-order valence-corrected chi connectivity index (χ0v) is 17.7. The third kappa shape index (κ3) is 6.80. The van der Waals surface area contributed by atoms with Crippen LogP contribution in [0.3, 0.4) is 0 Å². The van der Waals surface area contributed by atoms with Gasteiger partial charge in [0.15, 0.2) is 0 Å². The van der Waals surface area contributed by atoms with Crippen molar-refractivity contribution in [2.75, 3.05) is 47.2 Å². The van der Waals surface area contributed by atoms with E-state index in [0.29, 0.717) is 18.7 Å². The van der Waals surface area contributed by atoms with E-state index < -0.39 is 0 Å². The van der Waals surface area contributed by atoms with E-state index in [2.05, 4.69) is 10.6 Å². The van der Waals surface area contributed by atoms with Crippen molar-refractivity contribution in [2.45, 2.75) is 12.5 Å². The number of carbonyl (C=O) groups excluding carboxylic acids is 2. The van der Waals surface area contributed by atoms with Gasteiger partial charge >= 0.3 is 6.03 Å². The minimum Gasteiger partial charge on any atom is -0.497 e. The molecule has 29 heavy (non-hydrogen) atoms. The molecule has 0 bridgehead atoms. The molecule has 0 aliphatic carbocycles. The number of nitrogens with one attached hydrogen (secondary N) is 2. The van der Waals surface area contributed by atoms with Crippen LogP contribution in [0.1, 0.15) is 17.2 Å². The third-order valence-corrected chi connectivity index (χ3v) is 4.62. The predicted octanol–water partition coefficient (Wildman–Crippen LogP) is 2.75. The van der Waals surface area contributed by atoms with Crippen LogP contribution in [-0.2, 0) is 11.2 Å². The van der Waals surface area contributed by atoms with Crippen molar-refractivity contribution in [1.29, 1.82) is 0 Å². The van der Waals surface area contributed by atoms with Crippen LogP contribution in [0.25, 0.3) is 0 Å². The van der Waals surface area contributed by atoms with Gasteiger partial charge < -0.3 is 25.2 Å². The van der Waals surface area contributed by atoms with E-state index in [1.165, 1.54) is 0 Å². The largest absolute Gasteiger partial charge is 0.497 e. The second-order valence-corrected chi connectivity index (χ2v) is 7.25. The number of hydrogen-bond acceptors (Lipinski definition) is 4. The van der Waals surface area contributed by atoms with Crippen LogP contribution in [0.15, 0.2) is 48.5 Å². The number of carbonyl (C=O) groups is 2. The van der Waals surface area contributed by atoms with Gasteiger partial charge in [0.25, 0.3) is 0 Å². The standard InChI is InChI=1S/C22H30N4O3/c1-25(2)20(17-7-6-8-19(14-17)29-5)15-23-22(28)24-18-11-9-16(10-12-18)13-21(27)26(3)4/h6-12,14,20H,13,15H2,1-5H3,(H2,23,24,28).